The molecule has 9 heteroatoms. The molecule has 0 aliphatic carbocycles. The Labute approximate surface area is 206 Å². The number of rotatable bonds is 3. The van der Waals surface area contributed by atoms with Crippen LogP contribution in [0, 0.1) is 0 Å². The molecule has 1 aliphatic rings. The Morgan fingerprint density at radius 3 is 2.43 bits per heavy atom. The number of aromatic nitrogens is 3. The molecule has 0 amide bonds. The molecule has 4 aromatic rings. The minimum atomic E-state index is -0.612. The van der Waals surface area contributed by atoms with Crippen LogP contribution in [0.25, 0.3) is 22.2 Å². The van der Waals surface area contributed by atoms with E-state index in [2.05, 4.69) is 4.57 Å². The topological polar surface area (TPSA) is 87.6 Å². The fraction of sp³-hybridized carbons (Fsp3) is 0.308. The quantitative estimate of drug-likeness (QED) is 0.465. The Kier molecular flexibility index (Phi) is 5.34. The van der Waals surface area contributed by atoms with Crippen molar-refractivity contribution in [3.63, 3.8) is 0 Å². The van der Waals surface area contributed by atoms with E-state index in [0.717, 1.165) is 15.7 Å². The molecule has 0 bridgehead atoms. The van der Waals surface area contributed by atoms with Crippen LogP contribution in [-0.2, 0) is 24.4 Å². The highest BCUT2D eigenvalue weighted by Gasteiger charge is 2.40. The van der Waals surface area contributed by atoms with Crippen molar-refractivity contribution in [2.75, 3.05) is 13.7 Å². The fourth-order valence-corrected chi connectivity index (χ4v) is 5.12. The van der Waals surface area contributed by atoms with Crippen LogP contribution in [0.15, 0.2) is 52.1 Å². The van der Waals surface area contributed by atoms with Gasteiger partial charge in [-0.05, 0) is 49.2 Å². The summed E-state index contributed by atoms with van der Waals surface area (Å²) in [5.74, 6) is 0.317. The van der Waals surface area contributed by atoms with Gasteiger partial charge in [-0.25, -0.2) is 4.79 Å². The number of methoxy groups -OCH3 is 1. The van der Waals surface area contributed by atoms with Crippen molar-refractivity contribution in [1.82, 2.24) is 13.7 Å². The maximum atomic E-state index is 13.6. The lowest BCUT2D eigenvalue weighted by Crippen LogP contribution is -2.40. The van der Waals surface area contributed by atoms with Crippen molar-refractivity contribution < 1.29 is 14.6 Å². The molecule has 2 aromatic heterocycles. The number of fused-ring (bicyclic) bond motifs is 3. The Bertz CT molecular complexity index is 1600. The van der Waals surface area contributed by atoms with E-state index >= 15 is 0 Å². The molecule has 1 atom stereocenters. The molecule has 0 spiro atoms. The molecule has 3 heterocycles. The van der Waals surface area contributed by atoms with Crippen LogP contribution in [0.2, 0.25) is 5.02 Å². The zero-order chi connectivity index (χ0) is 25.2. The van der Waals surface area contributed by atoms with Crippen molar-refractivity contribution >= 4 is 22.5 Å². The van der Waals surface area contributed by atoms with E-state index in [4.69, 9.17) is 21.1 Å². The average molecular weight is 496 g/mol. The van der Waals surface area contributed by atoms with Crippen molar-refractivity contribution in [2.24, 2.45) is 14.1 Å². The number of phenols is 1. The molecule has 0 saturated heterocycles. The molecule has 35 heavy (non-hydrogen) atoms. The van der Waals surface area contributed by atoms with Crippen LogP contribution < -0.4 is 16.0 Å². The van der Waals surface area contributed by atoms with E-state index in [0.29, 0.717) is 39.7 Å². The van der Waals surface area contributed by atoms with Gasteiger partial charge in [-0.3, -0.25) is 13.9 Å². The molecular formula is C26H26ClN3O5. The second-order valence-electron chi connectivity index (χ2n) is 9.44. The van der Waals surface area contributed by atoms with Crippen LogP contribution in [0.5, 0.6) is 11.5 Å². The number of aryl methyl sites for hydroxylation is 1. The highest BCUT2D eigenvalue weighted by atomic mass is 35.5. The number of hydrogen-bond donors (Lipinski definition) is 1. The molecule has 2 aromatic carbocycles. The van der Waals surface area contributed by atoms with Crippen LogP contribution in [0.1, 0.15) is 31.2 Å². The van der Waals surface area contributed by atoms with E-state index in [1.165, 1.54) is 18.7 Å². The highest BCUT2D eigenvalue weighted by molar-refractivity contribution is 6.30. The monoisotopic (exact) mass is 495 g/mol. The first-order valence-corrected chi connectivity index (χ1v) is 11.5. The zero-order valence-electron chi connectivity index (χ0n) is 20.1. The van der Waals surface area contributed by atoms with Crippen LogP contribution in [-0.4, -0.2) is 32.5 Å². The number of halogens is 1. The van der Waals surface area contributed by atoms with E-state index in [1.54, 1.807) is 37.4 Å². The predicted molar refractivity (Wildman–Crippen MR) is 135 cm³/mol. The summed E-state index contributed by atoms with van der Waals surface area (Å²) in [4.78, 5) is 26.6. The van der Waals surface area contributed by atoms with Crippen molar-refractivity contribution in [3.05, 3.63) is 79.6 Å². The molecule has 5 rings (SSSR count). The summed E-state index contributed by atoms with van der Waals surface area (Å²) in [6.07, 6.45) is -0.612. The molecule has 8 nitrogen and oxygen atoms in total. The van der Waals surface area contributed by atoms with Crippen molar-refractivity contribution in [1.29, 1.82) is 0 Å². The second-order valence-corrected chi connectivity index (χ2v) is 9.88. The first-order chi connectivity index (χ1) is 16.6. The molecule has 0 saturated carbocycles. The van der Waals surface area contributed by atoms with Gasteiger partial charge in [0.2, 0.25) is 0 Å². The maximum Gasteiger partial charge on any atom is 0.331 e. The van der Waals surface area contributed by atoms with Gasteiger partial charge in [-0.1, -0.05) is 29.8 Å². The first-order valence-electron chi connectivity index (χ1n) is 11.2. The zero-order valence-corrected chi connectivity index (χ0v) is 20.9. The summed E-state index contributed by atoms with van der Waals surface area (Å²) in [5.41, 5.74) is 2.08. The summed E-state index contributed by atoms with van der Waals surface area (Å²) in [6.45, 7) is 4.42. The summed E-state index contributed by atoms with van der Waals surface area (Å²) >= 11 is 6.17. The standard InChI is InChI=1S/C26H26ClN3O5/c1-26(2)13-35-23(15-8-11-17(31)18(12-15)34-5)22-21-19(24(32)29(4)25(33)28(21)3)20(30(22)26)14-6-9-16(27)10-7-14/h6-12,23,31H,13H2,1-5H3/t23-/m1/s1. The van der Waals surface area contributed by atoms with E-state index in [9.17, 15) is 14.7 Å². The number of nitrogens with zero attached hydrogens (tertiary/aromatic N) is 3. The van der Waals surface area contributed by atoms with Crippen LogP contribution in [0.4, 0.5) is 0 Å². The lowest BCUT2D eigenvalue weighted by molar-refractivity contribution is -0.00716. The average Bonchev–Trinajstić information content (AvgIpc) is 3.20. The minimum absolute atomic E-state index is 0.00996. The second kappa shape index (κ2) is 8.03. The number of benzene rings is 2. The van der Waals surface area contributed by atoms with Gasteiger partial charge in [-0.2, -0.15) is 0 Å². The summed E-state index contributed by atoms with van der Waals surface area (Å²) in [7, 11) is 4.62. The summed E-state index contributed by atoms with van der Waals surface area (Å²) in [5, 5.41) is 11.2. The Morgan fingerprint density at radius 1 is 1.09 bits per heavy atom. The van der Waals surface area contributed by atoms with Gasteiger partial charge >= 0.3 is 5.69 Å². The van der Waals surface area contributed by atoms with Gasteiger partial charge in [0.25, 0.3) is 5.56 Å². The largest absolute Gasteiger partial charge is 0.504 e. The van der Waals surface area contributed by atoms with Gasteiger partial charge in [0, 0.05) is 19.1 Å². The van der Waals surface area contributed by atoms with Gasteiger partial charge < -0.3 is 19.1 Å². The molecule has 0 unspecified atom stereocenters. The van der Waals surface area contributed by atoms with Crippen molar-refractivity contribution in [3.8, 4) is 22.8 Å². The van der Waals surface area contributed by atoms with E-state index in [1.807, 2.05) is 26.0 Å². The van der Waals surface area contributed by atoms with Gasteiger partial charge in [0.1, 0.15) is 6.10 Å². The third-order valence-electron chi connectivity index (χ3n) is 6.69. The number of ether oxygens (including phenoxy) is 2. The first kappa shape index (κ1) is 23.3. The third kappa shape index (κ3) is 3.39. The smallest absolute Gasteiger partial charge is 0.331 e. The highest BCUT2D eigenvalue weighted by Crippen LogP contribution is 2.46. The Balaban J connectivity index is 1.97. The molecule has 0 radical (unpaired) electrons. The molecule has 1 aliphatic heterocycles. The van der Waals surface area contributed by atoms with Crippen molar-refractivity contribution in [2.45, 2.75) is 25.5 Å². The predicted octanol–water partition coefficient (Wildman–Crippen LogP) is 3.93. The Hall–Kier alpha value is -3.49. The lowest BCUT2D eigenvalue weighted by atomic mass is 9.97. The molecule has 182 valence electrons. The van der Waals surface area contributed by atoms with Crippen LogP contribution in [0.3, 0.4) is 0 Å². The minimum Gasteiger partial charge on any atom is -0.504 e. The normalized spacial score (nSPS) is 16.9. The Morgan fingerprint density at radius 2 is 1.77 bits per heavy atom. The molecule has 0 fully saturated rings. The van der Waals surface area contributed by atoms with Crippen LogP contribution >= 0.6 is 11.6 Å². The number of phenolic OH excluding ortho intramolecular Hbond substituents is 1. The van der Waals surface area contributed by atoms with E-state index < -0.39 is 17.3 Å². The maximum absolute atomic E-state index is 13.6. The number of hydrogen-bond acceptors (Lipinski definition) is 5. The fourth-order valence-electron chi connectivity index (χ4n) is 4.99. The van der Waals surface area contributed by atoms with Gasteiger partial charge in [-0.15, -0.1) is 0 Å². The molecule has 1 N–H and O–H groups in total. The summed E-state index contributed by atoms with van der Waals surface area (Å²) < 4.78 is 16.4. The molecular weight excluding hydrogens is 470 g/mol. The third-order valence-corrected chi connectivity index (χ3v) is 6.94. The SMILES string of the molecule is COc1cc([C@H]2OCC(C)(C)n3c(-c4ccc(Cl)cc4)c4c(=O)n(C)c(=O)n(C)c4c32)ccc1O. The van der Waals surface area contributed by atoms with Gasteiger partial charge in [0.15, 0.2) is 11.5 Å². The summed E-state index contributed by atoms with van der Waals surface area (Å²) in [6, 6.07) is 12.3. The lowest BCUT2D eigenvalue weighted by Gasteiger charge is -2.39. The number of aromatic hydroxyl groups is 1. The van der Waals surface area contributed by atoms with E-state index in [-0.39, 0.29) is 11.3 Å². The van der Waals surface area contributed by atoms with Gasteiger partial charge in [0.05, 0.1) is 41.5 Å².